The highest BCUT2D eigenvalue weighted by Gasteiger charge is 2.17. The van der Waals surface area contributed by atoms with Gasteiger partial charge in [0.05, 0.1) is 22.0 Å². The summed E-state index contributed by atoms with van der Waals surface area (Å²) in [5, 5.41) is 19.0. The Balaban J connectivity index is 0.000000223. The van der Waals surface area contributed by atoms with Crippen LogP contribution in [-0.2, 0) is 0 Å². The van der Waals surface area contributed by atoms with Crippen molar-refractivity contribution >= 4 is 50.5 Å². The Hall–Kier alpha value is -2.37. The number of carboxylic acids is 2. The van der Waals surface area contributed by atoms with Crippen molar-refractivity contribution < 1.29 is 24.5 Å². The molecule has 3 aromatic rings. The van der Waals surface area contributed by atoms with Crippen LogP contribution in [0.25, 0.3) is 10.4 Å². The van der Waals surface area contributed by atoms with Crippen LogP contribution in [0.3, 0.4) is 0 Å². The van der Waals surface area contributed by atoms with Gasteiger partial charge in [0.2, 0.25) is 5.88 Å². The number of methoxy groups -OCH3 is 1. The molecule has 0 bridgehead atoms. The maximum absolute atomic E-state index is 11.0. The third-order valence-corrected chi connectivity index (χ3v) is 5.68. The number of aromatic nitrogens is 3. The van der Waals surface area contributed by atoms with Crippen LogP contribution in [0.4, 0.5) is 0 Å². The summed E-state index contributed by atoms with van der Waals surface area (Å²) in [5.74, 6) is -1.52. The molecular formula is C16H14BrN3O5S2. The Morgan fingerprint density at radius 1 is 1.04 bits per heavy atom. The summed E-state index contributed by atoms with van der Waals surface area (Å²) in [7, 11) is 1.53. The van der Waals surface area contributed by atoms with E-state index in [2.05, 4.69) is 30.9 Å². The average Bonchev–Trinajstić information content (AvgIpc) is 3.17. The van der Waals surface area contributed by atoms with E-state index in [1.165, 1.54) is 29.8 Å². The molecule has 0 saturated heterocycles. The quantitative estimate of drug-likeness (QED) is 0.581. The second kappa shape index (κ2) is 9.02. The fraction of sp³-hybridized carbons (Fsp3) is 0.188. The zero-order chi connectivity index (χ0) is 20.1. The maximum Gasteiger partial charge on any atom is 0.356 e. The van der Waals surface area contributed by atoms with Gasteiger partial charge in [0, 0.05) is 17.8 Å². The average molecular weight is 472 g/mol. The van der Waals surface area contributed by atoms with Gasteiger partial charge in [-0.25, -0.2) is 24.5 Å². The first-order valence-electron chi connectivity index (χ1n) is 7.30. The van der Waals surface area contributed by atoms with Crippen LogP contribution in [0, 0.1) is 13.8 Å². The number of hydrogen-bond donors (Lipinski definition) is 2. The van der Waals surface area contributed by atoms with Crippen LogP contribution in [-0.4, -0.2) is 44.2 Å². The zero-order valence-electron chi connectivity index (χ0n) is 14.4. The number of carbonyl (C=O) groups is 2. The molecule has 0 saturated carbocycles. The lowest BCUT2D eigenvalue weighted by atomic mass is 10.2. The Morgan fingerprint density at radius 3 is 2.04 bits per heavy atom. The fourth-order valence-corrected chi connectivity index (χ4v) is 4.42. The van der Waals surface area contributed by atoms with E-state index in [-0.39, 0.29) is 11.4 Å². The molecule has 0 fully saturated rings. The Bertz CT molecular complexity index is 969. The molecule has 0 unspecified atom stereocenters. The highest BCUT2D eigenvalue weighted by Crippen LogP contribution is 2.30. The number of nitrogens with zero attached hydrogens (tertiary/aromatic N) is 3. The molecule has 3 heterocycles. The molecule has 3 aromatic heterocycles. The van der Waals surface area contributed by atoms with Gasteiger partial charge >= 0.3 is 11.9 Å². The van der Waals surface area contributed by atoms with E-state index < -0.39 is 11.9 Å². The highest BCUT2D eigenvalue weighted by atomic mass is 79.9. The first-order chi connectivity index (χ1) is 12.7. The molecular weight excluding hydrogens is 458 g/mol. The number of ether oxygens (including phenoxy) is 1. The van der Waals surface area contributed by atoms with Gasteiger partial charge in [-0.15, -0.1) is 22.7 Å². The van der Waals surface area contributed by atoms with E-state index in [0.29, 0.717) is 19.6 Å². The monoisotopic (exact) mass is 471 g/mol. The maximum atomic E-state index is 11.0. The first-order valence-corrected chi connectivity index (χ1v) is 9.72. The predicted octanol–water partition coefficient (Wildman–Crippen LogP) is 4.13. The summed E-state index contributed by atoms with van der Waals surface area (Å²) >= 11 is 5.75. The number of carboxylic acid groups (broad SMARTS) is 2. The van der Waals surface area contributed by atoms with Crippen molar-refractivity contribution in [2.75, 3.05) is 7.11 Å². The summed E-state index contributed by atoms with van der Waals surface area (Å²) in [6.45, 7) is 3.54. The minimum absolute atomic E-state index is 0.0690. The topological polar surface area (TPSA) is 123 Å². The molecule has 8 nitrogen and oxygen atoms in total. The lowest BCUT2D eigenvalue weighted by Crippen LogP contribution is -1.99. The van der Waals surface area contributed by atoms with Gasteiger partial charge in [-0.1, -0.05) is 0 Å². The van der Waals surface area contributed by atoms with Crippen LogP contribution in [0.15, 0.2) is 22.1 Å². The highest BCUT2D eigenvalue weighted by molar-refractivity contribution is 9.11. The summed E-state index contributed by atoms with van der Waals surface area (Å²) < 4.78 is 5.53. The number of thiazole rings is 2. The smallest absolute Gasteiger partial charge is 0.356 e. The van der Waals surface area contributed by atoms with Crippen LogP contribution < -0.4 is 4.74 Å². The Labute approximate surface area is 170 Å². The molecule has 0 radical (unpaired) electrons. The van der Waals surface area contributed by atoms with Crippen molar-refractivity contribution in [2.45, 2.75) is 13.8 Å². The Morgan fingerprint density at radius 2 is 1.63 bits per heavy atom. The second-order valence-electron chi connectivity index (χ2n) is 4.97. The lowest BCUT2D eigenvalue weighted by molar-refractivity contribution is 0.0680. The van der Waals surface area contributed by atoms with Gasteiger partial charge in [0.15, 0.2) is 11.4 Å². The fourth-order valence-electron chi connectivity index (χ4n) is 1.94. The number of rotatable bonds is 4. The number of halogens is 1. The second-order valence-corrected chi connectivity index (χ2v) is 8.69. The minimum atomic E-state index is -1.03. The van der Waals surface area contributed by atoms with Crippen molar-refractivity contribution in [1.29, 1.82) is 0 Å². The third kappa shape index (κ3) is 5.31. The number of aryl methyl sites for hydroxylation is 2. The molecule has 0 atom stereocenters. The molecule has 11 heteroatoms. The molecule has 0 amide bonds. The summed E-state index contributed by atoms with van der Waals surface area (Å²) in [6, 6.07) is 3.46. The molecule has 3 rings (SSSR count). The number of pyridine rings is 1. The van der Waals surface area contributed by atoms with Crippen LogP contribution in [0.2, 0.25) is 0 Å². The van der Waals surface area contributed by atoms with E-state index in [9.17, 15) is 9.59 Å². The van der Waals surface area contributed by atoms with Crippen LogP contribution in [0.1, 0.15) is 31.0 Å². The number of aromatic carboxylic acids is 2. The van der Waals surface area contributed by atoms with Crippen molar-refractivity contribution in [2.24, 2.45) is 0 Å². The summed E-state index contributed by atoms with van der Waals surface area (Å²) in [5.41, 5.74) is 0.899. The molecule has 0 aliphatic carbocycles. The van der Waals surface area contributed by atoms with Gasteiger partial charge in [0.25, 0.3) is 0 Å². The largest absolute Gasteiger partial charge is 0.481 e. The summed E-state index contributed by atoms with van der Waals surface area (Å²) in [4.78, 5) is 33.8. The molecule has 2 N–H and O–H groups in total. The van der Waals surface area contributed by atoms with Crippen LogP contribution >= 0.6 is 38.6 Å². The van der Waals surface area contributed by atoms with E-state index >= 15 is 0 Å². The van der Waals surface area contributed by atoms with Gasteiger partial charge in [-0.3, -0.25) is 0 Å². The van der Waals surface area contributed by atoms with Crippen molar-refractivity contribution in [3.05, 3.63) is 43.5 Å². The third-order valence-electron chi connectivity index (χ3n) is 3.04. The van der Waals surface area contributed by atoms with Crippen molar-refractivity contribution in [3.63, 3.8) is 0 Å². The van der Waals surface area contributed by atoms with Crippen molar-refractivity contribution in [1.82, 2.24) is 15.0 Å². The first kappa shape index (κ1) is 20.9. The molecule has 0 aliphatic rings. The van der Waals surface area contributed by atoms with E-state index in [1.807, 2.05) is 0 Å². The van der Waals surface area contributed by atoms with Gasteiger partial charge < -0.3 is 14.9 Å². The normalized spacial score (nSPS) is 10.1. The molecule has 0 aliphatic heterocycles. The lowest BCUT2D eigenvalue weighted by Gasteiger charge is -2.00. The van der Waals surface area contributed by atoms with Gasteiger partial charge in [-0.2, -0.15) is 0 Å². The van der Waals surface area contributed by atoms with E-state index in [4.69, 9.17) is 14.9 Å². The van der Waals surface area contributed by atoms with Crippen molar-refractivity contribution in [3.8, 4) is 16.3 Å². The van der Waals surface area contributed by atoms with Gasteiger partial charge in [0.1, 0.15) is 3.79 Å². The SMILES string of the molecule is COc1ccc(-c2sc(C)nc2C(=O)O)cn1.Cc1nc(C(=O)O)c(Br)s1. The Kier molecular flexibility index (Phi) is 6.99. The van der Waals surface area contributed by atoms with E-state index in [0.717, 1.165) is 10.6 Å². The molecule has 0 aromatic carbocycles. The van der Waals surface area contributed by atoms with Crippen LogP contribution in [0.5, 0.6) is 5.88 Å². The molecule has 27 heavy (non-hydrogen) atoms. The van der Waals surface area contributed by atoms with E-state index in [1.54, 1.807) is 32.2 Å². The summed E-state index contributed by atoms with van der Waals surface area (Å²) in [6.07, 6.45) is 1.58. The standard InChI is InChI=1S/C11H10N2O3S.C5H4BrNO2S/c1-6-13-9(11(14)15)10(17-6)7-3-4-8(16-2)12-5-7;1-2-7-3(5(8)9)4(6)10-2/h3-5H,1-2H3,(H,14,15);1H3,(H,8,9). The predicted molar refractivity (Wildman–Crippen MR) is 105 cm³/mol. The molecule has 142 valence electrons. The minimum Gasteiger partial charge on any atom is -0.481 e. The number of hydrogen-bond acceptors (Lipinski definition) is 8. The van der Waals surface area contributed by atoms with Gasteiger partial charge in [-0.05, 0) is 35.8 Å². The molecule has 0 spiro atoms. The zero-order valence-corrected chi connectivity index (χ0v) is 17.6.